The van der Waals surface area contributed by atoms with Gasteiger partial charge in [0.05, 0.1) is 21.5 Å². The average molecular weight is 343 g/mol. The lowest BCUT2D eigenvalue weighted by Crippen LogP contribution is -2.39. The maximum Gasteiger partial charge on any atom is 0.0766 e. The van der Waals surface area contributed by atoms with Gasteiger partial charge in [-0.1, -0.05) is 20.8 Å². The maximum absolute atomic E-state index is 10.9. The summed E-state index contributed by atoms with van der Waals surface area (Å²) < 4.78 is 3.14. The fraction of sp³-hybridized carbons (Fsp3) is 0.812. The third kappa shape index (κ3) is 3.28. The van der Waals surface area contributed by atoms with Crippen LogP contribution in [-0.4, -0.2) is 20.5 Å². The van der Waals surface area contributed by atoms with Crippen LogP contribution in [0.1, 0.15) is 64.8 Å². The predicted molar refractivity (Wildman–Crippen MR) is 85.9 cm³/mol. The number of aromatic nitrogens is 2. The first-order valence-electron chi connectivity index (χ1n) is 7.77. The van der Waals surface area contributed by atoms with Crippen LogP contribution in [0.15, 0.2) is 4.47 Å². The highest BCUT2D eigenvalue weighted by Crippen LogP contribution is 2.42. The molecule has 0 aliphatic heterocycles. The van der Waals surface area contributed by atoms with E-state index in [1.165, 1.54) is 0 Å². The van der Waals surface area contributed by atoms with E-state index in [0.29, 0.717) is 11.8 Å². The first-order valence-corrected chi connectivity index (χ1v) is 8.56. The summed E-state index contributed by atoms with van der Waals surface area (Å²) in [6.45, 7) is 9.68. The molecule has 0 amide bonds. The zero-order valence-electron chi connectivity index (χ0n) is 13.2. The van der Waals surface area contributed by atoms with Gasteiger partial charge in [-0.25, -0.2) is 0 Å². The molecular weight excluding hydrogens is 316 g/mol. The van der Waals surface area contributed by atoms with Gasteiger partial charge in [0.15, 0.2) is 0 Å². The molecule has 2 rings (SSSR count). The molecular formula is C16H27BrN2O. The molecule has 0 saturated heterocycles. The number of nitrogens with zero attached hydrogens (tertiary/aromatic N) is 2. The van der Waals surface area contributed by atoms with Crippen molar-refractivity contribution in [3.8, 4) is 0 Å². The minimum atomic E-state index is -0.560. The molecule has 1 N–H and O–H groups in total. The summed E-state index contributed by atoms with van der Waals surface area (Å²) in [6, 6.07) is 0. The van der Waals surface area contributed by atoms with Gasteiger partial charge in [0, 0.05) is 13.0 Å². The minimum Gasteiger partial charge on any atom is -0.389 e. The molecule has 0 spiro atoms. The van der Waals surface area contributed by atoms with Crippen molar-refractivity contribution < 1.29 is 5.11 Å². The van der Waals surface area contributed by atoms with Gasteiger partial charge in [-0.3, -0.25) is 4.68 Å². The predicted octanol–water partition coefficient (Wildman–Crippen LogP) is 4.10. The maximum atomic E-state index is 10.9. The van der Waals surface area contributed by atoms with Crippen LogP contribution in [0.3, 0.4) is 0 Å². The summed E-state index contributed by atoms with van der Waals surface area (Å²) in [6.07, 6.45) is 5.62. The molecule has 20 heavy (non-hydrogen) atoms. The van der Waals surface area contributed by atoms with Crippen molar-refractivity contribution in [2.24, 2.45) is 5.41 Å². The Labute approximate surface area is 130 Å². The average Bonchev–Trinajstić information content (AvgIpc) is 2.70. The Morgan fingerprint density at radius 3 is 2.30 bits per heavy atom. The molecule has 1 aromatic rings. The standard InChI is InChI=1S/C16H27BrN2O/c1-5-12-14(17)13(19(6-2)18-12)11-16(20)9-7-15(3,4)8-10-16/h20H,5-11H2,1-4H3. The van der Waals surface area contributed by atoms with E-state index < -0.39 is 5.60 Å². The van der Waals surface area contributed by atoms with Gasteiger partial charge < -0.3 is 5.11 Å². The summed E-state index contributed by atoms with van der Waals surface area (Å²) in [5, 5.41) is 15.6. The van der Waals surface area contributed by atoms with Crippen molar-refractivity contribution in [3.05, 3.63) is 15.9 Å². The number of hydrogen-bond acceptors (Lipinski definition) is 2. The Bertz CT molecular complexity index is 469. The molecule has 4 heteroatoms. The van der Waals surface area contributed by atoms with Gasteiger partial charge in [0.2, 0.25) is 0 Å². The quantitative estimate of drug-likeness (QED) is 0.894. The highest BCUT2D eigenvalue weighted by Gasteiger charge is 2.38. The second-order valence-corrected chi connectivity index (χ2v) is 7.74. The molecule has 1 aliphatic carbocycles. The summed E-state index contributed by atoms with van der Waals surface area (Å²) in [7, 11) is 0. The number of hydrogen-bond donors (Lipinski definition) is 1. The lowest BCUT2D eigenvalue weighted by molar-refractivity contribution is -0.0266. The fourth-order valence-corrected chi connectivity index (χ4v) is 3.77. The second kappa shape index (κ2) is 5.80. The molecule has 1 fully saturated rings. The Balaban J connectivity index is 2.19. The van der Waals surface area contributed by atoms with Crippen molar-refractivity contribution in [2.45, 2.75) is 78.4 Å². The molecule has 1 aliphatic rings. The van der Waals surface area contributed by atoms with Crippen molar-refractivity contribution >= 4 is 15.9 Å². The van der Waals surface area contributed by atoms with Gasteiger partial charge in [0.1, 0.15) is 0 Å². The molecule has 3 nitrogen and oxygen atoms in total. The van der Waals surface area contributed by atoms with E-state index in [4.69, 9.17) is 0 Å². The van der Waals surface area contributed by atoms with Crippen LogP contribution in [0.4, 0.5) is 0 Å². The van der Waals surface area contributed by atoms with Crippen molar-refractivity contribution in [3.63, 3.8) is 0 Å². The van der Waals surface area contributed by atoms with Gasteiger partial charge in [-0.15, -0.1) is 0 Å². The molecule has 1 heterocycles. The highest BCUT2D eigenvalue weighted by molar-refractivity contribution is 9.10. The zero-order chi connectivity index (χ0) is 15.0. The first kappa shape index (κ1) is 16.0. The number of rotatable bonds is 4. The van der Waals surface area contributed by atoms with Crippen molar-refractivity contribution in [2.75, 3.05) is 0 Å². The van der Waals surface area contributed by atoms with Gasteiger partial charge in [0.25, 0.3) is 0 Å². The molecule has 1 saturated carbocycles. The van der Waals surface area contributed by atoms with Crippen LogP contribution in [0.2, 0.25) is 0 Å². The number of aryl methyl sites for hydroxylation is 2. The SMILES string of the molecule is CCc1nn(CC)c(CC2(O)CCC(C)(C)CC2)c1Br. The fourth-order valence-electron chi connectivity index (χ4n) is 3.07. The number of aliphatic hydroxyl groups is 1. The van der Waals surface area contributed by atoms with E-state index in [2.05, 4.69) is 48.7 Å². The molecule has 0 aromatic carbocycles. The van der Waals surface area contributed by atoms with Crippen molar-refractivity contribution in [1.82, 2.24) is 9.78 Å². The van der Waals surface area contributed by atoms with Crippen LogP contribution >= 0.6 is 15.9 Å². The summed E-state index contributed by atoms with van der Waals surface area (Å²) in [4.78, 5) is 0. The molecule has 0 bridgehead atoms. The monoisotopic (exact) mass is 342 g/mol. The third-order valence-electron chi connectivity index (χ3n) is 4.72. The normalized spacial score (nSPS) is 21.1. The van der Waals surface area contributed by atoms with Crippen LogP contribution in [0.5, 0.6) is 0 Å². The Morgan fingerprint density at radius 2 is 1.80 bits per heavy atom. The van der Waals surface area contributed by atoms with Gasteiger partial charge in [-0.2, -0.15) is 5.10 Å². The Hall–Kier alpha value is -0.350. The van der Waals surface area contributed by atoms with Crippen LogP contribution in [0, 0.1) is 5.41 Å². The van der Waals surface area contributed by atoms with Gasteiger partial charge in [-0.05, 0) is 60.4 Å². The van der Waals surface area contributed by atoms with E-state index >= 15 is 0 Å². The molecule has 0 unspecified atom stereocenters. The summed E-state index contributed by atoms with van der Waals surface area (Å²) in [5.74, 6) is 0. The lowest BCUT2D eigenvalue weighted by Gasteiger charge is -2.40. The molecule has 114 valence electrons. The number of halogens is 1. The highest BCUT2D eigenvalue weighted by atomic mass is 79.9. The molecule has 1 aromatic heterocycles. The van der Waals surface area contributed by atoms with Crippen LogP contribution in [0.25, 0.3) is 0 Å². The van der Waals surface area contributed by atoms with Crippen LogP contribution in [-0.2, 0) is 19.4 Å². The first-order chi connectivity index (χ1) is 9.30. The van der Waals surface area contributed by atoms with E-state index in [9.17, 15) is 5.11 Å². The summed E-state index contributed by atoms with van der Waals surface area (Å²) in [5.41, 5.74) is 2.08. The van der Waals surface area contributed by atoms with E-state index in [1.807, 2.05) is 4.68 Å². The van der Waals surface area contributed by atoms with Crippen molar-refractivity contribution in [1.29, 1.82) is 0 Å². The Kier molecular flexibility index (Phi) is 4.65. The molecule has 0 atom stereocenters. The zero-order valence-corrected chi connectivity index (χ0v) is 14.8. The largest absolute Gasteiger partial charge is 0.389 e. The smallest absolute Gasteiger partial charge is 0.0766 e. The van der Waals surface area contributed by atoms with Crippen LogP contribution < -0.4 is 0 Å². The topological polar surface area (TPSA) is 38.0 Å². The summed E-state index contributed by atoms with van der Waals surface area (Å²) >= 11 is 3.68. The van der Waals surface area contributed by atoms with E-state index in [-0.39, 0.29) is 0 Å². The Morgan fingerprint density at radius 1 is 1.20 bits per heavy atom. The van der Waals surface area contributed by atoms with E-state index in [1.54, 1.807) is 0 Å². The third-order valence-corrected chi connectivity index (χ3v) is 5.64. The minimum absolute atomic E-state index is 0.378. The van der Waals surface area contributed by atoms with E-state index in [0.717, 1.165) is 54.5 Å². The van der Waals surface area contributed by atoms with Gasteiger partial charge >= 0.3 is 0 Å². The second-order valence-electron chi connectivity index (χ2n) is 6.94. The lowest BCUT2D eigenvalue weighted by atomic mass is 9.69. The molecule has 0 radical (unpaired) electrons.